The summed E-state index contributed by atoms with van der Waals surface area (Å²) < 4.78 is 6.28. The second kappa shape index (κ2) is 8.77. The van der Waals surface area contributed by atoms with Crippen LogP contribution < -0.4 is 0 Å². The van der Waals surface area contributed by atoms with Crippen LogP contribution in [0.2, 0.25) is 0 Å². The van der Waals surface area contributed by atoms with Gasteiger partial charge in [0.15, 0.2) is 0 Å². The van der Waals surface area contributed by atoms with Crippen LogP contribution >= 0.6 is 0 Å². The summed E-state index contributed by atoms with van der Waals surface area (Å²) >= 11 is 0. The van der Waals surface area contributed by atoms with Crippen molar-refractivity contribution in [2.24, 2.45) is 0 Å². The lowest BCUT2D eigenvalue weighted by Gasteiger charge is -2.20. The average molecular weight is 333 g/mol. The van der Waals surface area contributed by atoms with Crippen LogP contribution in [-0.2, 0) is 4.74 Å². The Balaban J connectivity index is 2.07. The number of pyridine rings is 1. The topological polar surface area (TPSA) is 22.1 Å². The number of para-hydroxylation sites is 1. The summed E-state index contributed by atoms with van der Waals surface area (Å²) in [4.78, 5) is 4.89. The molecule has 1 heterocycles. The molecule has 0 amide bonds. The summed E-state index contributed by atoms with van der Waals surface area (Å²) in [6.45, 7) is 5.24. The maximum Gasteiger partial charge on any atom is 0.0832 e. The van der Waals surface area contributed by atoms with Gasteiger partial charge in [0.2, 0.25) is 0 Å². The van der Waals surface area contributed by atoms with Crippen molar-refractivity contribution in [1.29, 1.82) is 0 Å². The Labute approximate surface area is 150 Å². The average Bonchev–Trinajstić information content (AvgIpc) is 2.67. The normalized spacial score (nSPS) is 12.4. The number of hydrogen-bond donors (Lipinski definition) is 0. The summed E-state index contributed by atoms with van der Waals surface area (Å²) in [5, 5.41) is 1.21. The fourth-order valence-electron chi connectivity index (χ4n) is 3.19. The highest BCUT2D eigenvalue weighted by Gasteiger charge is 2.17. The molecule has 25 heavy (non-hydrogen) atoms. The standard InChI is InChI=1S/C23H27NO/c1-3-5-16-25-23(11-4-2)20-17-22(18-12-7-6-8-13-18)24-21-15-10-9-14-19(20)21/h6-10,12-15,17,23H,3-5,11,16H2,1-2H3. The van der Waals surface area contributed by atoms with E-state index in [9.17, 15) is 0 Å². The Bertz CT molecular complexity index is 798. The zero-order valence-corrected chi connectivity index (χ0v) is 15.2. The van der Waals surface area contributed by atoms with Gasteiger partial charge in [-0.2, -0.15) is 0 Å². The van der Waals surface area contributed by atoms with Crippen LogP contribution in [0.1, 0.15) is 51.2 Å². The SMILES string of the molecule is CCCCOC(CCC)c1cc(-c2ccccc2)nc2ccccc12. The van der Waals surface area contributed by atoms with Gasteiger partial charge in [0.25, 0.3) is 0 Å². The minimum Gasteiger partial charge on any atom is -0.374 e. The van der Waals surface area contributed by atoms with Gasteiger partial charge in [0.1, 0.15) is 0 Å². The smallest absolute Gasteiger partial charge is 0.0832 e. The first kappa shape index (κ1) is 17.6. The molecule has 0 spiro atoms. The number of rotatable bonds is 8. The third kappa shape index (κ3) is 4.26. The quantitative estimate of drug-likeness (QED) is 0.435. The van der Waals surface area contributed by atoms with E-state index in [0.717, 1.165) is 49.1 Å². The van der Waals surface area contributed by atoms with E-state index < -0.39 is 0 Å². The van der Waals surface area contributed by atoms with Gasteiger partial charge in [-0.15, -0.1) is 0 Å². The van der Waals surface area contributed by atoms with E-state index in [4.69, 9.17) is 9.72 Å². The first-order valence-electron chi connectivity index (χ1n) is 9.40. The van der Waals surface area contributed by atoms with Gasteiger partial charge >= 0.3 is 0 Å². The number of ether oxygens (including phenoxy) is 1. The lowest BCUT2D eigenvalue weighted by atomic mass is 9.97. The van der Waals surface area contributed by atoms with Gasteiger partial charge in [-0.05, 0) is 30.5 Å². The van der Waals surface area contributed by atoms with Crippen LogP contribution in [0.15, 0.2) is 60.7 Å². The van der Waals surface area contributed by atoms with E-state index in [-0.39, 0.29) is 6.10 Å². The van der Waals surface area contributed by atoms with Gasteiger partial charge in [0.05, 0.1) is 17.3 Å². The molecule has 2 heteroatoms. The fourth-order valence-corrected chi connectivity index (χ4v) is 3.19. The predicted molar refractivity (Wildman–Crippen MR) is 106 cm³/mol. The van der Waals surface area contributed by atoms with E-state index in [1.165, 1.54) is 10.9 Å². The molecule has 1 aromatic heterocycles. The highest BCUT2D eigenvalue weighted by molar-refractivity contribution is 5.85. The Morgan fingerprint density at radius 2 is 1.68 bits per heavy atom. The molecule has 2 nitrogen and oxygen atoms in total. The first-order valence-corrected chi connectivity index (χ1v) is 9.40. The fraction of sp³-hybridized carbons (Fsp3) is 0.348. The van der Waals surface area contributed by atoms with Crippen LogP contribution in [0.25, 0.3) is 22.2 Å². The van der Waals surface area contributed by atoms with Crippen molar-refractivity contribution >= 4 is 10.9 Å². The number of fused-ring (bicyclic) bond motifs is 1. The number of aromatic nitrogens is 1. The van der Waals surface area contributed by atoms with Crippen LogP contribution in [0.4, 0.5) is 0 Å². The van der Waals surface area contributed by atoms with Crippen molar-refractivity contribution in [3.05, 3.63) is 66.2 Å². The molecule has 0 saturated heterocycles. The molecular formula is C23H27NO. The minimum atomic E-state index is 0.131. The van der Waals surface area contributed by atoms with Gasteiger partial charge in [0, 0.05) is 17.6 Å². The van der Waals surface area contributed by atoms with Crippen molar-refractivity contribution in [2.45, 2.75) is 45.6 Å². The van der Waals surface area contributed by atoms with E-state index in [1.807, 2.05) is 6.07 Å². The van der Waals surface area contributed by atoms with E-state index in [2.05, 4.69) is 68.4 Å². The molecule has 0 aliphatic heterocycles. The van der Waals surface area contributed by atoms with E-state index in [1.54, 1.807) is 0 Å². The molecule has 0 N–H and O–H groups in total. The number of benzene rings is 2. The summed E-state index contributed by atoms with van der Waals surface area (Å²) in [7, 11) is 0. The third-order valence-electron chi connectivity index (χ3n) is 4.53. The van der Waals surface area contributed by atoms with Crippen molar-refractivity contribution in [3.63, 3.8) is 0 Å². The second-order valence-corrected chi connectivity index (χ2v) is 6.48. The largest absolute Gasteiger partial charge is 0.374 e. The molecule has 0 aliphatic rings. The number of unbranched alkanes of at least 4 members (excludes halogenated alkanes) is 1. The molecule has 0 fully saturated rings. The van der Waals surface area contributed by atoms with Crippen LogP contribution in [-0.4, -0.2) is 11.6 Å². The van der Waals surface area contributed by atoms with Gasteiger partial charge in [-0.25, -0.2) is 4.98 Å². The molecule has 0 bridgehead atoms. The lowest BCUT2D eigenvalue weighted by molar-refractivity contribution is 0.0452. The highest BCUT2D eigenvalue weighted by Crippen LogP contribution is 2.32. The lowest BCUT2D eigenvalue weighted by Crippen LogP contribution is -2.07. The number of nitrogens with zero attached hydrogens (tertiary/aromatic N) is 1. The summed E-state index contributed by atoms with van der Waals surface area (Å²) in [5.41, 5.74) is 4.48. The zero-order chi connectivity index (χ0) is 17.5. The summed E-state index contributed by atoms with van der Waals surface area (Å²) in [6.07, 6.45) is 4.53. The van der Waals surface area contributed by atoms with E-state index >= 15 is 0 Å². The predicted octanol–water partition coefficient (Wildman–Crippen LogP) is 6.56. The third-order valence-corrected chi connectivity index (χ3v) is 4.53. The second-order valence-electron chi connectivity index (χ2n) is 6.48. The van der Waals surface area contributed by atoms with Crippen LogP contribution in [0, 0.1) is 0 Å². The highest BCUT2D eigenvalue weighted by atomic mass is 16.5. The molecule has 1 unspecified atom stereocenters. The first-order chi connectivity index (χ1) is 12.3. The monoisotopic (exact) mass is 333 g/mol. The Kier molecular flexibility index (Phi) is 6.19. The molecule has 0 radical (unpaired) electrons. The van der Waals surface area contributed by atoms with Crippen molar-refractivity contribution in [1.82, 2.24) is 4.98 Å². The maximum absolute atomic E-state index is 6.28. The zero-order valence-electron chi connectivity index (χ0n) is 15.2. The van der Waals surface area contributed by atoms with Gasteiger partial charge in [-0.1, -0.05) is 75.2 Å². The maximum atomic E-state index is 6.28. The Morgan fingerprint density at radius 1 is 0.920 bits per heavy atom. The van der Waals surface area contributed by atoms with Crippen LogP contribution in [0.3, 0.4) is 0 Å². The molecule has 130 valence electrons. The molecule has 2 aromatic carbocycles. The van der Waals surface area contributed by atoms with Crippen molar-refractivity contribution < 1.29 is 4.74 Å². The molecular weight excluding hydrogens is 306 g/mol. The Hall–Kier alpha value is -2.19. The molecule has 3 rings (SSSR count). The van der Waals surface area contributed by atoms with Crippen LogP contribution in [0.5, 0.6) is 0 Å². The Morgan fingerprint density at radius 3 is 2.44 bits per heavy atom. The van der Waals surface area contributed by atoms with Gasteiger partial charge in [-0.3, -0.25) is 0 Å². The molecule has 0 saturated carbocycles. The minimum absolute atomic E-state index is 0.131. The molecule has 3 aromatic rings. The summed E-state index contributed by atoms with van der Waals surface area (Å²) in [5.74, 6) is 0. The van der Waals surface area contributed by atoms with Crippen molar-refractivity contribution in [3.8, 4) is 11.3 Å². The van der Waals surface area contributed by atoms with Crippen molar-refractivity contribution in [2.75, 3.05) is 6.61 Å². The molecule has 0 aliphatic carbocycles. The van der Waals surface area contributed by atoms with Gasteiger partial charge < -0.3 is 4.74 Å². The molecule has 1 atom stereocenters. The number of hydrogen-bond acceptors (Lipinski definition) is 2. The van der Waals surface area contributed by atoms with E-state index in [0.29, 0.717) is 0 Å². The summed E-state index contributed by atoms with van der Waals surface area (Å²) in [6, 6.07) is 21.0.